The summed E-state index contributed by atoms with van der Waals surface area (Å²) in [6, 6.07) is 6.39. The molecule has 1 aromatic carbocycles. The molecule has 6 nitrogen and oxygen atoms in total. The van der Waals surface area contributed by atoms with Gasteiger partial charge < -0.3 is 9.88 Å². The maximum absolute atomic E-state index is 14.2. The van der Waals surface area contributed by atoms with E-state index in [4.69, 9.17) is 0 Å². The van der Waals surface area contributed by atoms with Crippen molar-refractivity contribution < 1.29 is 9.18 Å². The summed E-state index contributed by atoms with van der Waals surface area (Å²) in [7, 11) is 0. The van der Waals surface area contributed by atoms with Crippen molar-refractivity contribution in [2.24, 2.45) is 5.92 Å². The molecule has 5 rings (SSSR count). The lowest BCUT2D eigenvalue weighted by atomic mass is 9.86. The van der Waals surface area contributed by atoms with E-state index in [-0.39, 0.29) is 23.3 Å². The highest BCUT2D eigenvalue weighted by atomic mass is 19.1. The number of halogens is 1. The number of benzene rings is 1. The van der Waals surface area contributed by atoms with Crippen molar-refractivity contribution in [2.75, 3.05) is 13.1 Å². The van der Waals surface area contributed by atoms with Gasteiger partial charge in [-0.1, -0.05) is 12.1 Å². The van der Waals surface area contributed by atoms with Crippen LogP contribution in [0.25, 0.3) is 16.9 Å². The molecule has 0 radical (unpaired) electrons. The van der Waals surface area contributed by atoms with Crippen molar-refractivity contribution >= 4 is 11.6 Å². The van der Waals surface area contributed by atoms with Crippen molar-refractivity contribution in [3.05, 3.63) is 58.0 Å². The maximum atomic E-state index is 14.2. The van der Waals surface area contributed by atoms with Crippen molar-refractivity contribution in [3.63, 3.8) is 0 Å². The molecule has 144 valence electrons. The summed E-state index contributed by atoms with van der Waals surface area (Å²) in [5, 5.41) is 0. The van der Waals surface area contributed by atoms with Gasteiger partial charge in [0.2, 0.25) is 5.91 Å². The van der Waals surface area contributed by atoms with Crippen LogP contribution in [0.2, 0.25) is 0 Å². The van der Waals surface area contributed by atoms with Crippen molar-refractivity contribution in [1.82, 2.24) is 19.3 Å². The van der Waals surface area contributed by atoms with Crippen LogP contribution in [0.15, 0.2) is 35.3 Å². The fraction of sp³-hybridized carbons (Fsp3) is 0.381. The zero-order chi connectivity index (χ0) is 19.3. The van der Waals surface area contributed by atoms with Crippen LogP contribution >= 0.6 is 0 Å². The fourth-order valence-corrected chi connectivity index (χ4v) is 4.45. The summed E-state index contributed by atoms with van der Waals surface area (Å²) in [6.07, 6.45) is 5.64. The normalized spacial score (nSPS) is 19.2. The van der Waals surface area contributed by atoms with Crippen molar-refractivity contribution in [1.29, 1.82) is 0 Å². The number of likely N-dealkylation sites (tertiary alicyclic amines) is 1. The second-order valence-corrected chi connectivity index (χ2v) is 7.66. The van der Waals surface area contributed by atoms with Crippen LogP contribution in [0.4, 0.5) is 4.39 Å². The molecule has 3 aromatic rings. The molecule has 0 spiro atoms. The topological polar surface area (TPSA) is 70.5 Å². The molecule has 1 fully saturated rings. The first-order valence-corrected chi connectivity index (χ1v) is 9.78. The van der Waals surface area contributed by atoms with Gasteiger partial charge in [0.15, 0.2) is 0 Å². The minimum atomic E-state index is -0.377. The van der Waals surface area contributed by atoms with Gasteiger partial charge in [0.05, 0.1) is 5.69 Å². The van der Waals surface area contributed by atoms with Crippen LogP contribution in [0.5, 0.6) is 0 Å². The number of amides is 1. The second-order valence-electron chi connectivity index (χ2n) is 7.66. The number of carbonyl (C=O) groups excluding carboxylic acids is 1. The lowest BCUT2D eigenvalue weighted by molar-refractivity contribution is -0.134. The molecule has 1 amide bonds. The average Bonchev–Trinajstić information content (AvgIpc) is 3.38. The Hall–Kier alpha value is -2.96. The Balaban J connectivity index is 1.57. The van der Waals surface area contributed by atoms with Gasteiger partial charge in [-0.25, -0.2) is 14.2 Å². The number of H-pyrrole nitrogens is 1. The third kappa shape index (κ3) is 2.73. The summed E-state index contributed by atoms with van der Waals surface area (Å²) in [5.41, 5.74) is 2.76. The Bertz CT molecular complexity index is 1130. The standard InChI is InChI=1S/C21H21FN4O2/c22-16-6-2-1-5-14(16)18-12-26-19(23-18)15-11-13(7-8-17(15)24-21(26)28)20(27)25-9-3-4-10-25/h1-2,5-6,12-13H,3-4,7-11H2,(H,24,28). The number of rotatable bonds is 2. The quantitative estimate of drug-likeness (QED) is 0.743. The zero-order valence-electron chi connectivity index (χ0n) is 15.4. The Morgan fingerprint density at radius 2 is 2.00 bits per heavy atom. The summed E-state index contributed by atoms with van der Waals surface area (Å²) in [5.74, 6) is -0.263. The number of fused-ring (bicyclic) bond motifs is 3. The second kappa shape index (κ2) is 6.58. The van der Waals surface area contributed by atoms with E-state index in [1.54, 1.807) is 24.4 Å². The Labute approximate surface area is 161 Å². The third-order valence-corrected chi connectivity index (χ3v) is 5.93. The number of hydrogen-bond donors (Lipinski definition) is 1. The number of imidazole rings is 1. The van der Waals surface area contributed by atoms with Gasteiger partial charge in [-0.15, -0.1) is 0 Å². The molecule has 0 saturated carbocycles. The Morgan fingerprint density at radius 1 is 1.21 bits per heavy atom. The first-order chi connectivity index (χ1) is 13.6. The van der Waals surface area contributed by atoms with E-state index < -0.39 is 0 Å². The number of aryl methyl sites for hydroxylation is 1. The van der Waals surface area contributed by atoms with Crippen LogP contribution in [-0.2, 0) is 17.6 Å². The molecule has 1 aliphatic carbocycles. The molecule has 3 heterocycles. The lowest BCUT2D eigenvalue weighted by Gasteiger charge is -2.27. The minimum absolute atomic E-state index is 0.0890. The predicted octanol–water partition coefficient (Wildman–Crippen LogP) is 2.56. The molecule has 28 heavy (non-hydrogen) atoms. The molecule has 1 unspecified atom stereocenters. The number of aromatic nitrogens is 3. The number of nitrogens with zero attached hydrogens (tertiary/aromatic N) is 3. The molecule has 1 saturated heterocycles. The summed E-state index contributed by atoms with van der Waals surface area (Å²) in [4.78, 5) is 34.8. The number of hydrogen-bond acceptors (Lipinski definition) is 3. The molecular weight excluding hydrogens is 359 g/mol. The third-order valence-electron chi connectivity index (χ3n) is 5.93. The van der Waals surface area contributed by atoms with E-state index in [1.807, 2.05) is 4.90 Å². The summed E-state index contributed by atoms with van der Waals surface area (Å²) in [6.45, 7) is 1.67. The molecular formula is C21H21FN4O2. The van der Waals surface area contributed by atoms with Crippen LogP contribution in [-0.4, -0.2) is 38.3 Å². The van der Waals surface area contributed by atoms with Gasteiger partial charge in [0, 0.05) is 42.0 Å². The van der Waals surface area contributed by atoms with E-state index in [1.165, 1.54) is 10.5 Å². The van der Waals surface area contributed by atoms with Crippen LogP contribution in [0.1, 0.15) is 30.5 Å². The van der Waals surface area contributed by atoms with Gasteiger partial charge in [-0.05, 0) is 44.2 Å². The lowest BCUT2D eigenvalue weighted by Crippen LogP contribution is -2.37. The molecule has 7 heteroatoms. The predicted molar refractivity (Wildman–Crippen MR) is 103 cm³/mol. The van der Waals surface area contributed by atoms with Gasteiger partial charge >= 0.3 is 5.69 Å². The first-order valence-electron chi connectivity index (χ1n) is 9.78. The molecule has 2 aliphatic rings. The Kier molecular flexibility index (Phi) is 4.03. The monoisotopic (exact) mass is 380 g/mol. The summed E-state index contributed by atoms with van der Waals surface area (Å²) >= 11 is 0. The molecule has 0 bridgehead atoms. The number of carbonyl (C=O) groups is 1. The van der Waals surface area contributed by atoms with Gasteiger partial charge in [-0.2, -0.15) is 0 Å². The first kappa shape index (κ1) is 17.2. The van der Waals surface area contributed by atoms with Gasteiger partial charge in [-0.3, -0.25) is 9.20 Å². The number of nitrogens with one attached hydrogen (secondary N) is 1. The average molecular weight is 380 g/mol. The fourth-order valence-electron chi connectivity index (χ4n) is 4.45. The molecule has 2 aromatic heterocycles. The highest BCUT2D eigenvalue weighted by Crippen LogP contribution is 2.30. The van der Waals surface area contributed by atoms with Crippen LogP contribution in [0, 0.1) is 11.7 Å². The Morgan fingerprint density at radius 3 is 2.79 bits per heavy atom. The maximum Gasteiger partial charge on any atom is 0.331 e. The van der Waals surface area contributed by atoms with Gasteiger partial charge in [0.25, 0.3) is 0 Å². The van der Waals surface area contributed by atoms with Crippen LogP contribution in [0.3, 0.4) is 0 Å². The molecule has 1 N–H and O–H groups in total. The summed E-state index contributed by atoms with van der Waals surface area (Å²) < 4.78 is 15.6. The van der Waals surface area contributed by atoms with Crippen molar-refractivity contribution in [3.8, 4) is 11.3 Å². The van der Waals surface area contributed by atoms with E-state index in [0.717, 1.165) is 43.6 Å². The minimum Gasteiger partial charge on any atom is -0.342 e. The smallest absolute Gasteiger partial charge is 0.331 e. The van der Waals surface area contributed by atoms with E-state index in [2.05, 4.69) is 9.97 Å². The van der Waals surface area contributed by atoms with E-state index in [9.17, 15) is 14.0 Å². The van der Waals surface area contributed by atoms with E-state index >= 15 is 0 Å². The zero-order valence-corrected chi connectivity index (χ0v) is 15.4. The SMILES string of the molecule is O=C(C1CCc2[nH]c(=O)n3cc(-c4ccccc4F)nc3c2C1)N1CCCC1. The highest BCUT2D eigenvalue weighted by molar-refractivity contribution is 5.80. The molecule has 1 aliphatic heterocycles. The van der Waals surface area contributed by atoms with Crippen molar-refractivity contribution in [2.45, 2.75) is 32.1 Å². The van der Waals surface area contributed by atoms with Gasteiger partial charge in [0.1, 0.15) is 11.5 Å². The highest BCUT2D eigenvalue weighted by Gasteiger charge is 2.32. The number of aromatic amines is 1. The largest absolute Gasteiger partial charge is 0.342 e. The van der Waals surface area contributed by atoms with E-state index in [0.29, 0.717) is 29.7 Å². The molecule has 1 atom stereocenters. The van der Waals surface area contributed by atoms with Crippen LogP contribution < -0.4 is 5.69 Å².